The summed E-state index contributed by atoms with van der Waals surface area (Å²) in [5, 5.41) is 0.932. The van der Waals surface area contributed by atoms with E-state index in [0.717, 1.165) is 0 Å². The quantitative estimate of drug-likeness (QED) is 0.361. The monoisotopic (exact) mass is 497 g/mol. The van der Waals surface area contributed by atoms with E-state index in [9.17, 15) is 9.59 Å². The lowest BCUT2D eigenvalue weighted by Gasteiger charge is -2.14. The molecule has 7 nitrogen and oxygen atoms in total. The average molecular weight is 499 g/mol. The lowest BCUT2D eigenvalue weighted by atomic mass is 10.1. The minimum absolute atomic E-state index is 0.0460. The Labute approximate surface area is 199 Å². The molecule has 1 aliphatic heterocycles. The Balaban J connectivity index is 1.90. The summed E-state index contributed by atoms with van der Waals surface area (Å²) in [6, 6.07) is 7.91. The highest BCUT2D eigenvalue weighted by molar-refractivity contribution is 6.37. The third-order valence-electron chi connectivity index (χ3n) is 4.06. The molecule has 0 unspecified atom stereocenters. The van der Waals surface area contributed by atoms with Crippen molar-refractivity contribution < 1.29 is 28.5 Å². The van der Waals surface area contributed by atoms with E-state index in [1.165, 1.54) is 12.1 Å². The molecule has 3 rings (SSSR count). The summed E-state index contributed by atoms with van der Waals surface area (Å²) in [4.78, 5) is 28.2. The van der Waals surface area contributed by atoms with Gasteiger partial charge in [0.1, 0.15) is 0 Å². The number of aliphatic imine (C=N–C) groups is 1. The second kappa shape index (κ2) is 10.7. The molecule has 0 aromatic heterocycles. The van der Waals surface area contributed by atoms with Crippen molar-refractivity contribution in [2.45, 2.75) is 13.8 Å². The van der Waals surface area contributed by atoms with Crippen LogP contribution >= 0.6 is 34.8 Å². The normalized spacial score (nSPS) is 14.2. The van der Waals surface area contributed by atoms with Crippen LogP contribution < -0.4 is 9.47 Å². The predicted molar refractivity (Wildman–Crippen MR) is 122 cm³/mol. The molecule has 0 saturated carbocycles. The lowest BCUT2D eigenvalue weighted by Crippen LogP contribution is -2.15. The summed E-state index contributed by atoms with van der Waals surface area (Å²) in [6.07, 6.45) is 1.49. The number of benzene rings is 2. The van der Waals surface area contributed by atoms with E-state index < -0.39 is 11.9 Å². The first-order chi connectivity index (χ1) is 15.3. The average Bonchev–Trinajstić information content (AvgIpc) is 3.07. The molecule has 0 radical (unpaired) electrons. The van der Waals surface area contributed by atoms with E-state index in [0.29, 0.717) is 33.5 Å². The number of hydrogen-bond donors (Lipinski definition) is 0. The highest BCUT2D eigenvalue weighted by atomic mass is 35.5. The predicted octanol–water partition coefficient (Wildman–Crippen LogP) is 5.33. The highest BCUT2D eigenvalue weighted by Crippen LogP contribution is 2.38. The molecule has 1 heterocycles. The molecule has 0 N–H and O–H groups in total. The summed E-state index contributed by atoms with van der Waals surface area (Å²) in [5.41, 5.74) is 0.995. The number of rotatable bonds is 8. The van der Waals surface area contributed by atoms with Crippen molar-refractivity contribution in [1.29, 1.82) is 0 Å². The molecule has 0 spiro atoms. The molecule has 168 valence electrons. The summed E-state index contributed by atoms with van der Waals surface area (Å²) in [7, 11) is 0. The van der Waals surface area contributed by atoms with Crippen LogP contribution in [-0.4, -0.2) is 37.7 Å². The number of carbonyl (C=O) groups excluding carboxylic acids is 2. The van der Waals surface area contributed by atoms with Gasteiger partial charge in [0.05, 0.1) is 28.8 Å². The van der Waals surface area contributed by atoms with Gasteiger partial charge in [0.25, 0.3) is 0 Å². The largest absolute Gasteiger partial charge is 0.490 e. The maximum atomic E-state index is 12.3. The summed E-state index contributed by atoms with van der Waals surface area (Å²) < 4.78 is 21.2. The summed E-state index contributed by atoms with van der Waals surface area (Å²) >= 11 is 18.4. The van der Waals surface area contributed by atoms with Crippen LogP contribution in [0, 0.1) is 0 Å². The van der Waals surface area contributed by atoms with Crippen molar-refractivity contribution in [3.05, 3.63) is 62.2 Å². The fourth-order valence-electron chi connectivity index (χ4n) is 2.75. The second-order valence-electron chi connectivity index (χ2n) is 6.32. The molecular formula is C22H18Cl3NO6. The number of nitrogens with zero attached hydrogens (tertiary/aromatic N) is 1. The fraction of sp³-hybridized carbons (Fsp3) is 0.227. The number of halogens is 3. The van der Waals surface area contributed by atoms with Gasteiger partial charge in [-0.05, 0) is 55.8 Å². The van der Waals surface area contributed by atoms with E-state index in [1.807, 2.05) is 0 Å². The summed E-state index contributed by atoms with van der Waals surface area (Å²) in [5.74, 6) is -0.632. The fourth-order valence-corrected chi connectivity index (χ4v) is 3.52. The SMILES string of the molecule is CCOC(=O)COc1c(Cl)cc(/C=C2\N=C(c3ccc(Cl)cc3Cl)OC2=O)cc1OCC. The molecule has 1 aliphatic rings. The Morgan fingerprint density at radius 1 is 1.06 bits per heavy atom. The van der Waals surface area contributed by atoms with Crippen molar-refractivity contribution in [2.75, 3.05) is 19.8 Å². The van der Waals surface area contributed by atoms with Crippen LogP contribution in [0.5, 0.6) is 11.5 Å². The molecule has 0 atom stereocenters. The molecule has 0 fully saturated rings. The molecule has 2 aromatic carbocycles. The van der Waals surface area contributed by atoms with E-state index in [2.05, 4.69) is 4.99 Å². The molecule has 32 heavy (non-hydrogen) atoms. The van der Waals surface area contributed by atoms with E-state index in [-0.39, 0.29) is 35.6 Å². The molecule has 10 heteroatoms. The van der Waals surface area contributed by atoms with Crippen molar-refractivity contribution in [2.24, 2.45) is 4.99 Å². The molecular weight excluding hydrogens is 481 g/mol. The van der Waals surface area contributed by atoms with Crippen molar-refractivity contribution >= 4 is 58.7 Å². The number of ether oxygens (including phenoxy) is 4. The summed E-state index contributed by atoms with van der Waals surface area (Å²) in [6.45, 7) is 3.72. The zero-order chi connectivity index (χ0) is 23.3. The van der Waals surface area contributed by atoms with Gasteiger partial charge in [0, 0.05) is 5.02 Å². The van der Waals surface area contributed by atoms with E-state index in [4.69, 9.17) is 53.8 Å². The van der Waals surface area contributed by atoms with Crippen LogP contribution in [0.15, 0.2) is 41.0 Å². The van der Waals surface area contributed by atoms with Gasteiger partial charge >= 0.3 is 11.9 Å². The van der Waals surface area contributed by atoms with E-state index >= 15 is 0 Å². The Bertz CT molecular complexity index is 1110. The van der Waals surface area contributed by atoms with Crippen LogP contribution in [0.2, 0.25) is 15.1 Å². The Morgan fingerprint density at radius 3 is 2.53 bits per heavy atom. The van der Waals surface area contributed by atoms with Gasteiger partial charge in [-0.3, -0.25) is 0 Å². The Hall–Kier alpha value is -2.74. The second-order valence-corrected chi connectivity index (χ2v) is 7.57. The van der Waals surface area contributed by atoms with Gasteiger partial charge in [-0.15, -0.1) is 0 Å². The molecule has 0 bridgehead atoms. The highest BCUT2D eigenvalue weighted by Gasteiger charge is 2.26. The third kappa shape index (κ3) is 5.73. The molecule has 0 amide bonds. The molecule has 0 aliphatic carbocycles. The number of carbonyl (C=O) groups is 2. The maximum Gasteiger partial charge on any atom is 0.363 e. The van der Waals surface area contributed by atoms with Gasteiger partial charge in [-0.2, -0.15) is 0 Å². The first-order valence-electron chi connectivity index (χ1n) is 9.55. The third-order valence-corrected chi connectivity index (χ3v) is 4.89. The van der Waals surface area contributed by atoms with Crippen LogP contribution in [0.3, 0.4) is 0 Å². The topological polar surface area (TPSA) is 83.4 Å². The van der Waals surface area contributed by atoms with Gasteiger partial charge in [0.2, 0.25) is 5.90 Å². The van der Waals surface area contributed by atoms with Crippen molar-refractivity contribution in [1.82, 2.24) is 0 Å². The van der Waals surface area contributed by atoms with Crippen LogP contribution in [-0.2, 0) is 19.1 Å². The van der Waals surface area contributed by atoms with Crippen LogP contribution in [0.4, 0.5) is 0 Å². The zero-order valence-electron chi connectivity index (χ0n) is 17.1. The number of cyclic esters (lactones) is 1. The molecule has 0 saturated heterocycles. The standard InChI is InChI=1S/C22H18Cl3NO6/c1-3-29-18-9-12(7-16(25)20(18)31-11-19(27)30-4-2)8-17-22(28)32-21(26-17)14-6-5-13(23)10-15(14)24/h5-10H,3-4,11H2,1-2H3/b17-8-. The number of esters is 2. The van der Waals surface area contributed by atoms with Gasteiger partial charge in [-0.25, -0.2) is 14.6 Å². The van der Waals surface area contributed by atoms with Crippen molar-refractivity contribution in [3.8, 4) is 11.5 Å². The first kappa shape index (κ1) is 23.9. The molecule has 2 aromatic rings. The van der Waals surface area contributed by atoms with Crippen LogP contribution in [0.25, 0.3) is 6.08 Å². The maximum absolute atomic E-state index is 12.3. The lowest BCUT2D eigenvalue weighted by molar-refractivity contribution is -0.145. The van der Waals surface area contributed by atoms with Crippen molar-refractivity contribution in [3.63, 3.8) is 0 Å². The van der Waals surface area contributed by atoms with Gasteiger partial charge < -0.3 is 18.9 Å². The van der Waals surface area contributed by atoms with Gasteiger partial charge in [0.15, 0.2) is 23.8 Å². The smallest absolute Gasteiger partial charge is 0.363 e. The zero-order valence-corrected chi connectivity index (χ0v) is 19.4. The Kier molecular flexibility index (Phi) is 8.01. The van der Waals surface area contributed by atoms with Crippen LogP contribution in [0.1, 0.15) is 25.0 Å². The minimum Gasteiger partial charge on any atom is -0.490 e. The minimum atomic E-state index is -0.650. The number of hydrogen-bond acceptors (Lipinski definition) is 7. The van der Waals surface area contributed by atoms with E-state index in [1.54, 1.807) is 38.1 Å². The first-order valence-corrected chi connectivity index (χ1v) is 10.7. The van der Waals surface area contributed by atoms with Gasteiger partial charge in [-0.1, -0.05) is 34.8 Å². The Morgan fingerprint density at radius 2 is 1.84 bits per heavy atom.